The van der Waals surface area contributed by atoms with Gasteiger partial charge in [0.2, 0.25) is 5.91 Å². The summed E-state index contributed by atoms with van der Waals surface area (Å²) in [5.41, 5.74) is 0. The van der Waals surface area contributed by atoms with Gasteiger partial charge in [0.05, 0.1) is 6.10 Å². The number of aliphatic hydroxyl groups excluding tert-OH is 1. The standard InChI is InChI=1S/C13H26N2O2/c1-10(2)14-8-4-7-13(17)15-11-5-3-6-12(16)9-11/h10-12,14,16H,3-9H2,1-2H3,(H,15,17). The fraction of sp³-hybridized carbons (Fsp3) is 0.923. The topological polar surface area (TPSA) is 61.4 Å². The maximum absolute atomic E-state index is 11.6. The molecule has 0 aromatic rings. The van der Waals surface area contributed by atoms with Gasteiger partial charge < -0.3 is 15.7 Å². The first-order valence-electron chi connectivity index (χ1n) is 6.78. The number of carbonyl (C=O) groups excluding carboxylic acids is 1. The third kappa shape index (κ3) is 6.64. The SMILES string of the molecule is CC(C)NCCCC(=O)NC1CCCC(O)C1. The van der Waals surface area contributed by atoms with Gasteiger partial charge in [-0.3, -0.25) is 4.79 Å². The zero-order chi connectivity index (χ0) is 12.7. The van der Waals surface area contributed by atoms with Crippen LogP contribution in [0.2, 0.25) is 0 Å². The van der Waals surface area contributed by atoms with Crippen molar-refractivity contribution in [2.75, 3.05) is 6.54 Å². The Kier molecular flexibility index (Phi) is 6.52. The molecule has 0 saturated heterocycles. The minimum Gasteiger partial charge on any atom is -0.393 e. The van der Waals surface area contributed by atoms with Crippen molar-refractivity contribution in [1.29, 1.82) is 0 Å². The number of hydrogen-bond acceptors (Lipinski definition) is 3. The second-order valence-electron chi connectivity index (χ2n) is 5.30. The predicted octanol–water partition coefficient (Wildman–Crippen LogP) is 1.18. The van der Waals surface area contributed by atoms with E-state index in [9.17, 15) is 9.90 Å². The fourth-order valence-electron chi connectivity index (χ4n) is 2.23. The molecule has 1 amide bonds. The van der Waals surface area contributed by atoms with Crippen LogP contribution in [0.15, 0.2) is 0 Å². The highest BCUT2D eigenvalue weighted by molar-refractivity contribution is 5.76. The van der Waals surface area contributed by atoms with Gasteiger partial charge in [0, 0.05) is 18.5 Å². The van der Waals surface area contributed by atoms with Crippen molar-refractivity contribution in [2.24, 2.45) is 0 Å². The zero-order valence-corrected chi connectivity index (χ0v) is 11.0. The molecule has 4 nitrogen and oxygen atoms in total. The largest absolute Gasteiger partial charge is 0.393 e. The van der Waals surface area contributed by atoms with Crippen LogP contribution in [0.4, 0.5) is 0 Å². The molecule has 100 valence electrons. The molecule has 0 spiro atoms. The molecule has 2 atom stereocenters. The van der Waals surface area contributed by atoms with Gasteiger partial charge in [-0.2, -0.15) is 0 Å². The van der Waals surface area contributed by atoms with Crippen molar-refractivity contribution in [3.05, 3.63) is 0 Å². The van der Waals surface area contributed by atoms with Crippen molar-refractivity contribution in [3.63, 3.8) is 0 Å². The molecular weight excluding hydrogens is 216 g/mol. The van der Waals surface area contributed by atoms with Crippen LogP contribution in [0.1, 0.15) is 52.4 Å². The molecule has 0 aliphatic heterocycles. The molecule has 1 saturated carbocycles. The smallest absolute Gasteiger partial charge is 0.220 e. The maximum atomic E-state index is 11.6. The number of aliphatic hydroxyl groups is 1. The lowest BCUT2D eigenvalue weighted by Crippen LogP contribution is -2.39. The van der Waals surface area contributed by atoms with Crippen LogP contribution >= 0.6 is 0 Å². The molecule has 0 aromatic heterocycles. The molecule has 2 unspecified atom stereocenters. The monoisotopic (exact) mass is 242 g/mol. The Bertz CT molecular complexity index is 231. The van der Waals surface area contributed by atoms with Crippen molar-refractivity contribution >= 4 is 5.91 Å². The summed E-state index contributed by atoms with van der Waals surface area (Å²) in [6.07, 6.45) is 4.84. The second-order valence-corrected chi connectivity index (χ2v) is 5.30. The summed E-state index contributed by atoms with van der Waals surface area (Å²) in [4.78, 5) is 11.6. The molecule has 17 heavy (non-hydrogen) atoms. The fourth-order valence-corrected chi connectivity index (χ4v) is 2.23. The van der Waals surface area contributed by atoms with Gasteiger partial charge in [-0.15, -0.1) is 0 Å². The van der Waals surface area contributed by atoms with Crippen LogP contribution in [0.25, 0.3) is 0 Å². The summed E-state index contributed by atoms with van der Waals surface area (Å²) in [5.74, 6) is 0.120. The minimum absolute atomic E-state index is 0.120. The van der Waals surface area contributed by atoms with Gasteiger partial charge in [-0.1, -0.05) is 13.8 Å². The van der Waals surface area contributed by atoms with Crippen LogP contribution in [0, 0.1) is 0 Å². The first-order valence-corrected chi connectivity index (χ1v) is 6.78. The summed E-state index contributed by atoms with van der Waals surface area (Å²) in [7, 11) is 0. The Balaban J connectivity index is 2.07. The Morgan fingerprint density at radius 1 is 1.41 bits per heavy atom. The Morgan fingerprint density at radius 2 is 2.18 bits per heavy atom. The highest BCUT2D eigenvalue weighted by Gasteiger charge is 2.21. The lowest BCUT2D eigenvalue weighted by molar-refractivity contribution is -0.122. The molecule has 0 bridgehead atoms. The summed E-state index contributed by atoms with van der Waals surface area (Å²) in [5, 5.41) is 15.8. The summed E-state index contributed by atoms with van der Waals surface area (Å²) in [6, 6.07) is 0.663. The maximum Gasteiger partial charge on any atom is 0.220 e. The second kappa shape index (κ2) is 7.67. The molecule has 1 fully saturated rings. The van der Waals surface area contributed by atoms with Gasteiger partial charge in [0.15, 0.2) is 0 Å². The van der Waals surface area contributed by atoms with Crippen molar-refractivity contribution in [3.8, 4) is 0 Å². The number of carbonyl (C=O) groups is 1. The van der Waals surface area contributed by atoms with Crippen molar-refractivity contribution in [2.45, 2.75) is 70.6 Å². The van der Waals surface area contributed by atoms with E-state index in [4.69, 9.17) is 0 Å². The van der Waals surface area contributed by atoms with E-state index in [0.29, 0.717) is 12.5 Å². The molecule has 0 heterocycles. The Morgan fingerprint density at radius 3 is 2.82 bits per heavy atom. The zero-order valence-electron chi connectivity index (χ0n) is 11.0. The molecule has 1 rings (SSSR count). The number of nitrogens with one attached hydrogen (secondary N) is 2. The Labute approximate surface area is 104 Å². The average molecular weight is 242 g/mol. The lowest BCUT2D eigenvalue weighted by atomic mass is 9.93. The first-order chi connectivity index (χ1) is 8.08. The van der Waals surface area contributed by atoms with Crippen molar-refractivity contribution in [1.82, 2.24) is 10.6 Å². The summed E-state index contributed by atoms with van der Waals surface area (Å²) < 4.78 is 0. The summed E-state index contributed by atoms with van der Waals surface area (Å²) >= 11 is 0. The third-order valence-electron chi connectivity index (χ3n) is 3.14. The summed E-state index contributed by atoms with van der Waals surface area (Å²) in [6.45, 7) is 5.09. The molecule has 0 aromatic carbocycles. The average Bonchev–Trinajstić information content (AvgIpc) is 2.24. The minimum atomic E-state index is -0.225. The van der Waals surface area contributed by atoms with Crippen LogP contribution in [0.5, 0.6) is 0 Å². The van der Waals surface area contributed by atoms with E-state index in [2.05, 4.69) is 24.5 Å². The molecule has 3 N–H and O–H groups in total. The molecule has 4 heteroatoms. The lowest BCUT2D eigenvalue weighted by Gasteiger charge is -2.26. The van der Waals surface area contributed by atoms with E-state index in [1.165, 1.54) is 0 Å². The quantitative estimate of drug-likeness (QED) is 0.613. The highest BCUT2D eigenvalue weighted by Crippen LogP contribution is 2.18. The molecule has 1 aliphatic carbocycles. The third-order valence-corrected chi connectivity index (χ3v) is 3.14. The van der Waals surface area contributed by atoms with E-state index in [1.807, 2.05) is 0 Å². The van der Waals surface area contributed by atoms with Crippen LogP contribution in [0.3, 0.4) is 0 Å². The van der Waals surface area contributed by atoms with Gasteiger partial charge in [0.1, 0.15) is 0 Å². The number of hydrogen-bond donors (Lipinski definition) is 3. The van der Waals surface area contributed by atoms with Crippen LogP contribution < -0.4 is 10.6 Å². The normalized spacial score (nSPS) is 24.9. The first kappa shape index (κ1) is 14.5. The van der Waals surface area contributed by atoms with E-state index in [0.717, 1.165) is 38.6 Å². The van der Waals surface area contributed by atoms with E-state index in [1.54, 1.807) is 0 Å². The van der Waals surface area contributed by atoms with Crippen molar-refractivity contribution < 1.29 is 9.90 Å². The van der Waals surface area contributed by atoms with Gasteiger partial charge in [0.25, 0.3) is 0 Å². The molecular formula is C13H26N2O2. The predicted molar refractivity (Wildman–Crippen MR) is 68.8 cm³/mol. The number of rotatable bonds is 6. The van der Waals surface area contributed by atoms with Crippen LogP contribution in [-0.2, 0) is 4.79 Å². The van der Waals surface area contributed by atoms with Crippen LogP contribution in [-0.4, -0.2) is 35.7 Å². The number of amides is 1. The van der Waals surface area contributed by atoms with Gasteiger partial charge in [-0.05, 0) is 38.6 Å². The van der Waals surface area contributed by atoms with E-state index < -0.39 is 0 Å². The highest BCUT2D eigenvalue weighted by atomic mass is 16.3. The van der Waals surface area contributed by atoms with E-state index in [-0.39, 0.29) is 18.1 Å². The van der Waals surface area contributed by atoms with E-state index >= 15 is 0 Å². The Hall–Kier alpha value is -0.610. The van der Waals surface area contributed by atoms with Gasteiger partial charge in [-0.25, -0.2) is 0 Å². The molecule has 1 aliphatic rings. The molecule has 0 radical (unpaired) electrons. The van der Waals surface area contributed by atoms with Gasteiger partial charge >= 0.3 is 0 Å².